The van der Waals surface area contributed by atoms with Gasteiger partial charge in [0.05, 0.1) is 0 Å². The number of halogens is 1. The van der Waals surface area contributed by atoms with E-state index < -0.39 is 11.3 Å². The van der Waals surface area contributed by atoms with Crippen molar-refractivity contribution in [2.75, 3.05) is 0 Å². The molecule has 0 N–H and O–H groups in total. The van der Waals surface area contributed by atoms with E-state index in [-0.39, 0.29) is 0 Å². The number of ether oxygens (including phenoxy) is 1. The van der Waals surface area contributed by atoms with Gasteiger partial charge < -0.3 is 9.64 Å². The van der Waals surface area contributed by atoms with Crippen LogP contribution in [0.2, 0.25) is 0 Å². The normalized spacial score (nSPS) is 24.9. The first-order valence-electron chi connectivity index (χ1n) is 3.33. The fraction of sp³-hybridized carbons (Fsp3) is 0.143. The summed E-state index contributed by atoms with van der Waals surface area (Å²) in [6, 6.07) is -0.488. The lowest BCUT2D eigenvalue weighted by Gasteiger charge is -2.20. The second kappa shape index (κ2) is 2.64. The maximum Gasteiger partial charge on any atom is 0.250 e. The van der Waals surface area contributed by atoms with Crippen LogP contribution in [-0.4, -0.2) is 22.4 Å². The minimum atomic E-state index is -0.488. The highest BCUT2D eigenvalue weighted by molar-refractivity contribution is 6.66. The van der Waals surface area contributed by atoms with Crippen molar-refractivity contribution in [2.45, 2.75) is 6.04 Å². The van der Waals surface area contributed by atoms with Crippen LogP contribution in [0.3, 0.4) is 0 Å². The molecule has 62 valence electrons. The third kappa shape index (κ3) is 1.00. The first-order valence-corrected chi connectivity index (χ1v) is 3.71. The Morgan fingerprint density at radius 3 is 3.33 bits per heavy atom. The first-order chi connectivity index (χ1) is 5.79. The van der Waals surface area contributed by atoms with Crippen LogP contribution in [0.4, 0.5) is 0 Å². The molecule has 0 radical (unpaired) electrons. The average Bonchev–Trinajstić information content (AvgIpc) is 2.47. The highest BCUT2D eigenvalue weighted by Crippen LogP contribution is 2.21. The summed E-state index contributed by atoms with van der Waals surface area (Å²) >= 11 is 5.33. The number of carbonyl (C=O) groups is 1. The molecule has 0 aromatic rings. The molecule has 0 aromatic carbocycles. The molecule has 0 bridgehead atoms. The van der Waals surface area contributed by atoms with E-state index in [9.17, 15) is 4.79 Å². The summed E-state index contributed by atoms with van der Waals surface area (Å²) in [4.78, 5) is 16.4. The summed E-state index contributed by atoms with van der Waals surface area (Å²) in [7, 11) is 0. The summed E-state index contributed by atoms with van der Waals surface area (Å²) in [5.74, 6) is 0.594. The fourth-order valence-electron chi connectivity index (χ4n) is 1.06. The molecular formula is C7H5ClN2O2. The average molecular weight is 185 g/mol. The van der Waals surface area contributed by atoms with E-state index in [1.165, 1.54) is 18.7 Å². The molecule has 0 aliphatic carbocycles. The predicted molar refractivity (Wildman–Crippen MR) is 43.3 cm³/mol. The minimum Gasteiger partial charge on any atom is -0.467 e. The number of carbonyl (C=O) groups excluding carboxylic acids is 1. The lowest BCUT2D eigenvalue weighted by atomic mass is 10.3. The zero-order chi connectivity index (χ0) is 8.55. The quantitative estimate of drug-likeness (QED) is 0.567. The number of hydrogen-bond acceptors (Lipinski definition) is 4. The fourth-order valence-corrected chi connectivity index (χ4v) is 1.22. The maximum absolute atomic E-state index is 10.8. The second-order valence-corrected chi connectivity index (χ2v) is 2.70. The zero-order valence-corrected chi connectivity index (χ0v) is 6.73. The molecule has 1 atom stereocenters. The molecule has 12 heavy (non-hydrogen) atoms. The van der Waals surface area contributed by atoms with Gasteiger partial charge in [0, 0.05) is 12.4 Å². The number of hydrogen-bond donors (Lipinski definition) is 0. The molecule has 0 amide bonds. The summed E-state index contributed by atoms with van der Waals surface area (Å²) in [5.41, 5.74) is 0. The Hall–Kier alpha value is -1.29. The third-order valence-corrected chi connectivity index (χ3v) is 1.84. The Morgan fingerprint density at radius 2 is 2.58 bits per heavy atom. The minimum absolute atomic E-state index is 0.450. The maximum atomic E-state index is 10.8. The second-order valence-electron chi connectivity index (χ2n) is 2.33. The van der Waals surface area contributed by atoms with Crippen LogP contribution in [0.25, 0.3) is 0 Å². The van der Waals surface area contributed by atoms with Crippen molar-refractivity contribution in [3.05, 3.63) is 24.5 Å². The largest absolute Gasteiger partial charge is 0.467 e. The van der Waals surface area contributed by atoms with E-state index >= 15 is 0 Å². The Kier molecular flexibility index (Phi) is 1.62. The van der Waals surface area contributed by atoms with Gasteiger partial charge in [-0.1, -0.05) is 0 Å². The summed E-state index contributed by atoms with van der Waals surface area (Å²) in [6.45, 7) is 0. The van der Waals surface area contributed by atoms with Gasteiger partial charge in [-0.15, -0.1) is 0 Å². The highest BCUT2D eigenvalue weighted by atomic mass is 35.5. The standard InChI is InChI=1S/C7H5ClN2O2/c8-7(11)5-3-9-6-4-12-2-1-10(5)6/h1-5H. The van der Waals surface area contributed by atoms with Crippen LogP contribution < -0.4 is 0 Å². The Labute approximate surface area is 73.8 Å². The Balaban J connectivity index is 2.28. The predicted octanol–water partition coefficient (Wildman–Crippen LogP) is 0.807. The van der Waals surface area contributed by atoms with E-state index in [2.05, 4.69) is 4.99 Å². The topological polar surface area (TPSA) is 41.9 Å². The van der Waals surface area contributed by atoms with Crippen LogP contribution >= 0.6 is 11.6 Å². The van der Waals surface area contributed by atoms with Gasteiger partial charge >= 0.3 is 0 Å². The highest BCUT2D eigenvalue weighted by Gasteiger charge is 2.29. The molecule has 0 aromatic heterocycles. The Bertz CT molecular complexity index is 309. The van der Waals surface area contributed by atoms with E-state index in [1.807, 2.05) is 0 Å². The molecule has 0 saturated heterocycles. The van der Waals surface area contributed by atoms with Crippen LogP contribution in [0.15, 0.2) is 29.5 Å². The van der Waals surface area contributed by atoms with Gasteiger partial charge in [0.2, 0.25) is 5.24 Å². The van der Waals surface area contributed by atoms with Gasteiger partial charge in [0.15, 0.2) is 5.82 Å². The number of rotatable bonds is 1. The van der Waals surface area contributed by atoms with Gasteiger partial charge in [0.25, 0.3) is 0 Å². The molecule has 2 aliphatic rings. The SMILES string of the molecule is O=C(Cl)C1C=NC2=COC=CN21. The summed E-state index contributed by atoms with van der Waals surface area (Å²) in [6.07, 6.45) is 6.02. The molecule has 0 saturated carbocycles. The number of nitrogens with zero attached hydrogens (tertiary/aromatic N) is 2. The van der Waals surface area contributed by atoms with E-state index in [1.54, 1.807) is 11.1 Å². The number of fused-ring (bicyclic) bond motifs is 1. The van der Waals surface area contributed by atoms with Crippen molar-refractivity contribution in [1.29, 1.82) is 0 Å². The smallest absolute Gasteiger partial charge is 0.250 e. The summed E-state index contributed by atoms with van der Waals surface area (Å²) < 4.78 is 4.86. The third-order valence-electron chi connectivity index (χ3n) is 1.62. The van der Waals surface area contributed by atoms with Gasteiger partial charge in [-0.25, -0.2) is 4.99 Å². The van der Waals surface area contributed by atoms with Crippen molar-refractivity contribution < 1.29 is 9.53 Å². The van der Waals surface area contributed by atoms with Gasteiger partial charge in [0.1, 0.15) is 18.6 Å². The van der Waals surface area contributed by atoms with Gasteiger partial charge in [-0.05, 0) is 11.6 Å². The van der Waals surface area contributed by atoms with Crippen LogP contribution in [-0.2, 0) is 9.53 Å². The lowest BCUT2D eigenvalue weighted by molar-refractivity contribution is -0.113. The van der Waals surface area contributed by atoms with Crippen molar-refractivity contribution in [3.8, 4) is 0 Å². The molecule has 5 heteroatoms. The van der Waals surface area contributed by atoms with Gasteiger partial charge in [-0.2, -0.15) is 0 Å². The van der Waals surface area contributed by atoms with Crippen LogP contribution in [0.1, 0.15) is 0 Å². The monoisotopic (exact) mass is 184 g/mol. The molecule has 2 aliphatic heterocycles. The molecular weight excluding hydrogens is 180 g/mol. The van der Waals surface area contributed by atoms with E-state index in [4.69, 9.17) is 16.3 Å². The molecule has 0 spiro atoms. The summed E-state index contributed by atoms with van der Waals surface area (Å²) in [5, 5.41) is -0.450. The van der Waals surface area contributed by atoms with Gasteiger partial charge in [-0.3, -0.25) is 4.79 Å². The Morgan fingerprint density at radius 1 is 1.75 bits per heavy atom. The molecule has 4 nitrogen and oxygen atoms in total. The van der Waals surface area contributed by atoms with Crippen molar-refractivity contribution >= 4 is 23.1 Å². The van der Waals surface area contributed by atoms with Crippen LogP contribution in [0.5, 0.6) is 0 Å². The molecule has 1 unspecified atom stereocenters. The first kappa shape index (κ1) is 7.36. The molecule has 2 rings (SSSR count). The van der Waals surface area contributed by atoms with E-state index in [0.29, 0.717) is 5.82 Å². The zero-order valence-electron chi connectivity index (χ0n) is 5.98. The van der Waals surface area contributed by atoms with E-state index in [0.717, 1.165) is 0 Å². The van der Waals surface area contributed by atoms with Crippen LogP contribution in [0, 0.1) is 0 Å². The van der Waals surface area contributed by atoms with Crippen molar-refractivity contribution in [3.63, 3.8) is 0 Å². The number of aliphatic imine (C=N–C) groups is 1. The molecule has 0 fully saturated rings. The molecule has 2 heterocycles. The van der Waals surface area contributed by atoms with Crippen molar-refractivity contribution in [1.82, 2.24) is 4.90 Å². The van der Waals surface area contributed by atoms with Crippen molar-refractivity contribution in [2.24, 2.45) is 4.99 Å². The lowest BCUT2D eigenvalue weighted by Crippen LogP contribution is -2.31.